The summed E-state index contributed by atoms with van der Waals surface area (Å²) in [6, 6.07) is 36.5. The van der Waals surface area contributed by atoms with Crippen molar-refractivity contribution in [2.45, 2.75) is 25.7 Å². The van der Waals surface area contributed by atoms with Gasteiger partial charge in [-0.2, -0.15) is 0 Å². The third-order valence-electron chi connectivity index (χ3n) is 6.88. The van der Waals surface area contributed by atoms with Crippen molar-refractivity contribution >= 4 is 46.9 Å². The zero-order valence-electron chi connectivity index (χ0n) is 22.4. The van der Waals surface area contributed by atoms with Gasteiger partial charge in [0.25, 0.3) is 0 Å². The zero-order chi connectivity index (χ0) is 27.9. The summed E-state index contributed by atoms with van der Waals surface area (Å²) in [6.45, 7) is 6.74. The fourth-order valence-electron chi connectivity index (χ4n) is 4.91. The van der Waals surface area contributed by atoms with Crippen molar-refractivity contribution in [1.82, 2.24) is 4.90 Å². The summed E-state index contributed by atoms with van der Waals surface area (Å²) in [4.78, 5) is 5.91. The molecule has 6 nitrogen and oxygen atoms in total. The molecule has 4 aromatic rings. The molecule has 0 amide bonds. The van der Waals surface area contributed by atoms with Crippen LogP contribution in [-0.2, 0) is 10.0 Å². The molecule has 4 rings (SSSR count). The Hall–Kier alpha value is -3.78. The van der Waals surface area contributed by atoms with Gasteiger partial charge in [0.05, 0.1) is 0 Å². The minimum absolute atomic E-state index is 0.0901. The molecule has 0 radical (unpaired) electrons. The fourth-order valence-corrected chi connectivity index (χ4v) is 15.7. The van der Waals surface area contributed by atoms with E-state index in [4.69, 9.17) is 0 Å². The number of benzene rings is 4. The van der Waals surface area contributed by atoms with E-state index >= 15 is 0 Å². The van der Waals surface area contributed by atoms with Gasteiger partial charge in [0.1, 0.15) is 0 Å². The summed E-state index contributed by atoms with van der Waals surface area (Å²) in [5.74, 6) is 0.166. The molecule has 8 heteroatoms. The van der Waals surface area contributed by atoms with E-state index in [0.29, 0.717) is 17.6 Å². The standard InChI is InChI=1S/C31H32GeN4O2S/c1-4-36(5-2)31(35-39(37,38)29-23-21-25(3)22-24-29)30(34-33)32(26-15-9-6-10-16-26,27-17-11-7-12-18-27)28-19-13-8-14-20-28/h6-24H,4-5H2,1-3H3/b35-31-. The van der Waals surface area contributed by atoms with Gasteiger partial charge in [-0.25, -0.2) is 0 Å². The normalized spacial score (nSPS) is 12.0. The van der Waals surface area contributed by atoms with Crippen LogP contribution in [0.5, 0.6) is 0 Å². The molecule has 0 N–H and O–H groups in total. The number of hydrogen-bond acceptors (Lipinski definition) is 2. The van der Waals surface area contributed by atoms with Crippen LogP contribution in [0.25, 0.3) is 5.53 Å². The average Bonchev–Trinajstić information content (AvgIpc) is 2.97. The summed E-state index contributed by atoms with van der Waals surface area (Å²) in [6.07, 6.45) is 0. The molecule has 0 fully saturated rings. The van der Waals surface area contributed by atoms with Crippen LogP contribution in [0.15, 0.2) is 125 Å². The van der Waals surface area contributed by atoms with Gasteiger partial charge in [-0.15, -0.1) is 0 Å². The Morgan fingerprint density at radius 3 is 1.51 bits per heavy atom. The first kappa shape index (κ1) is 28.2. The molecule has 0 unspecified atom stereocenters. The van der Waals surface area contributed by atoms with Gasteiger partial charge in [0.2, 0.25) is 0 Å². The van der Waals surface area contributed by atoms with E-state index < -0.39 is 23.3 Å². The molecule has 0 spiro atoms. The van der Waals surface area contributed by atoms with Crippen molar-refractivity contribution in [3.8, 4) is 0 Å². The molecule has 0 saturated heterocycles. The van der Waals surface area contributed by atoms with Crippen molar-refractivity contribution in [2.24, 2.45) is 4.40 Å². The Balaban J connectivity index is 2.13. The number of amidine groups is 1. The Labute approximate surface area is 233 Å². The third kappa shape index (κ3) is 5.66. The molecular formula is C31H32GeN4O2S. The summed E-state index contributed by atoms with van der Waals surface area (Å²) in [5, 5.41) is 0. The monoisotopic (exact) mass is 598 g/mol. The molecule has 198 valence electrons. The second-order valence-corrected chi connectivity index (χ2v) is 18.6. The predicted octanol–water partition coefficient (Wildman–Crippen LogP) is 3.80. The van der Waals surface area contributed by atoms with Gasteiger partial charge in [0.15, 0.2) is 0 Å². The van der Waals surface area contributed by atoms with Crippen molar-refractivity contribution in [1.29, 1.82) is 0 Å². The minimum atomic E-state index is -4.12. The molecule has 0 bridgehead atoms. The van der Waals surface area contributed by atoms with Crippen molar-refractivity contribution in [3.05, 3.63) is 126 Å². The molecule has 0 aliphatic rings. The molecule has 39 heavy (non-hydrogen) atoms. The molecule has 4 aromatic carbocycles. The molecule has 0 saturated carbocycles. The van der Waals surface area contributed by atoms with Crippen LogP contribution in [0.4, 0.5) is 0 Å². The first-order valence-electron chi connectivity index (χ1n) is 12.9. The van der Waals surface area contributed by atoms with Crippen LogP contribution in [0, 0.1) is 6.92 Å². The third-order valence-corrected chi connectivity index (χ3v) is 17.9. The van der Waals surface area contributed by atoms with E-state index in [0.717, 1.165) is 18.8 Å². The molecule has 0 aliphatic carbocycles. The molecule has 0 aromatic heterocycles. The maximum absolute atomic E-state index is 13.7. The van der Waals surface area contributed by atoms with Gasteiger partial charge < -0.3 is 0 Å². The summed E-state index contributed by atoms with van der Waals surface area (Å²) < 4.78 is 35.2. The van der Waals surface area contributed by atoms with Gasteiger partial charge in [-0.05, 0) is 0 Å². The Kier molecular flexibility index (Phi) is 8.97. The molecule has 0 heterocycles. The van der Waals surface area contributed by atoms with Gasteiger partial charge in [-0.1, -0.05) is 0 Å². The average molecular weight is 597 g/mol. The number of nitrogens with zero attached hydrogens (tertiary/aromatic N) is 4. The number of sulfonamides is 1. The SMILES string of the molecule is CCN(CC)/C(=N\S(=O)(=O)c1ccc(C)cc1)[C](=[N+]=[N-])[Ge]([c]1ccccc1)([c]1ccccc1)[c]1ccccc1. The number of rotatable bonds is 9. The van der Waals surface area contributed by atoms with E-state index in [1.807, 2.05) is 117 Å². The fraction of sp³-hybridized carbons (Fsp3) is 0.161. The van der Waals surface area contributed by atoms with Gasteiger partial charge in [-0.3, -0.25) is 0 Å². The number of hydrogen-bond donors (Lipinski definition) is 0. The van der Waals surface area contributed by atoms with Crippen LogP contribution >= 0.6 is 0 Å². The van der Waals surface area contributed by atoms with E-state index in [-0.39, 0.29) is 10.7 Å². The van der Waals surface area contributed by atoms with Gasteiger partial charge >= 0.3 is 234 Å². The van der Waals surface area contributed by atoms with Gasteiger partial charge in [0, 0.05) is 0 Å². The number of aryl methyl sites for hydroxylation is 1. The topological polar surface area (TPSA) is 86.1 Å². The van der Waals surface area contributed by atoms with Crippen LogP contribution in [0.1, 0.15) is 19.4 Å². The zero-order valence-corrected chi connectivity index (χ0v) is 25.3. The van der Waals surface area contributed by atoms with Crippen LogP contribution in [0.2, 0.25) is 0 Å². The van der Waals surface area contributed by atoms with E-state index in [2.05, 4.69) is 9.19 Å². The van der Waals surface area contributed by atoms with Crippen molar-refractivity contribution in [3.63, 3.8) is 0 Å². The molecular weight excluding hydrogens is 565 g/mol. The molecule has 0 atom stereocenters. The first-order valence-corrected chi connectivity index (χ1v) is 18.6. The van der Waals surface area contributed by atoms with Crippen LogP contribution in [-0.4, -0.2) is 54.8 Å². The Bertz CT molecular complexity index is 1480. The Morgan fingerprint density at radius 1 is 0.744 bits per heavy atom. The maximum atomic E-state index is 13.7. The van der Waals surface area contributed by atoms with Crippen molar-refractivity contribution < 1.29 is 13.2 Å². The first-order chi connectivity index (χ1) is 18.9. The van der Waals surface area contributed by atoms with Crippen LogP contribution in [0.3, 0.4) is 0 Å². The second kappa shape index (κ2) is 12.4. The quantitative estimate of drug-likeness (QED) is 0.0968. The molecule has 0 aliphatic heterocycles. The Morgan fingerprint density at radius 2 is 1.15 bits per heavy atom. The van der Waals surface area contributed by atoms with Crippen LogP contribution < -0.4 is 13.2 Å². The second-order valence-electron chi connectivity index (χ2n) is 9.17. The summed E-state index contributed by atoms with van der Waals surface area (Å²) in [7, 11) is -4.12. The predicted molar refractivity (Wildman–Crippen MR) is 161 cm³/mol. The summed E-state index contributed by atoms with van der Waals surface area (Å²) in [5.41, 5.74) is 11.8. The van der Waals surface area contributed by atoms with E-state index in [9.17, 15) is 13.9 Å². The van der Waals surface area contributed by atoms with E-state index in [1.165, 1.54) is 0 Å². The van der Waals surface area contributed by atoms with E-state index in [1.54, 1.807) is 24.3 Å². The van der Waals surface area contributed by atoms with Crippen molar-refractivity contribution in [2.75, 3.05) is 13.1 Å². The summed E-state index contributed by atoms with van der Waals surface area (Å²) >= 11 is -4.12.